The lowest BCUT2D eigenvalue weighted by Gasteiger charge is -2.34. The van der Waals surface area contributed by atoms with Crippen molar-refractivity contribution in [3.05, 3.63) is 0 Å². The number of hydrogen-bond donors (Lipinski definition) is 1. The number of nitrogens with two attached hydrogens (primary N) is 1. The Morgan fingerprint density at radius 3 is 3.08 bits per heavy atom. The van der Waals surface area contributed by atoms with Crippen molar-refractivity contribution < 1.29 is 9.53 Å². The SMILES string of the molecule is CCC(=O)CN1CCOCC1CN. The van der Waals surface area contributed by atoms with Gasteiger partial charge < -0.3 is 10.5 Å². The van der Waals surface area contributed by atoms with E-state index in [1.165, 1.54) is 0 Å². The van der Waals surface area contributed by atoms with Gasteiger partial charge in [0.2, 0.25) is 0 Å². The van der Waals surface area contributed by atoms with Crippen LogP contribution >= 0.6 is 0 Å². The second-order valence-electron chi connectivity index (χ2n) is 3.33. The summed E-state index contributed by atoms with van der Waals surface area (Å²) in [5.74, 6) is 0.278. The van der Waals surface area contributed by atoms with Crippen LogP contribution in [0.1, 0.15) is 13.3 Å². The summed E-state index contributed by atoms with van der Waals surface area (Å²) in [4.78, 5) is 13.3. The van der Waals surface area contributed by atoms with Crippen LogP contribution in [0.3, 0.4) is 0 Å². The summed E-state index contributed by atoms with van der Waals surface area (Å²) >= 11 is 0. The Morgan fingerprint density at radius 2 is 2.46 bits per heavy atom. The van der Waals surface area contributed by atoms with E-state index in [9.17, 15) is 4.79 Å². The number of ether oxygens (including phenoxy) is 1. The van der Waals surface area contributed by atoms with Crippen LogP contribution in [0.2, 0.25) is 0 Å². The van der Waals surface area contributed by atoms with Crippen LogP contribution in [0.4, 0.5) is 0 Å². The Balaban J connectivity index is 2.40. The first-order valence-corrected chi connectivity index (χ1v) is 4.81. The molecule has 0 saturated carbocycles. The van der Waals surface area contributed by atoms with Gasteiger partial charge in [-0.3, -0.25) is 9.69 Å². The topological polar surface area (TPSA) is 55.6 Å². The number of hydrogen-bond acceptors (Lipinski definition) is 4. The normalized spacial score (nSPS) is 24.6. The number of carbonyl (C=O) groups excluding carboxylic acids is 1. The van der Waals surface area contributed by atoms with E-state index < -0.39 is 0 Å². The average molecular weight is 186 g/mol. The molecular formula is C9H18N2O2. The average Bonchev–Trinajstić information content (AvgIpc) is 2.18. The maximum atomic E-state index is 11.2. The van der Waals surface area contributed by atoms with Gasteiger partial charge in [-0.2, -0.15) is 0 Å². The van der Waals surface area contributed by atoms with E-state index in [1.54, 1.807) is 0 Å². The van der Waals surface area contributed by atoms with Crippen molar-refractivity contribution in [3.8, 4) is 0 Å². The number of ketones is 1. The van der Waals surface area contributed by atoms with Gasteiger partial charge in [-0.15, -0.1) is 0 Å². The summed E-state index contributed by atoms with van der Waals surface area (Å²) in [6.45, 7) is 5.19. The molecule has 1 heterocycles. The van der Waals surface area contributed by atoms with E-state index in [-0.39, 0.29) is 11.8 Å². The van der Waals surface area contributed by atoms with E-state index in [0.29, 0.717) is 32.7 Å². The molecule has 0 radical (unpaired) electrons. The summed E-state index contributed by atoms with van der Waals surface area (Å²) in [5, 5.41) is 0. The molecule has 1 aliphatic heterocycles. The Labute approximate surface area is 79.0 Å². The Hall–Kier alpha value is -0.450. The molecule has 0 aromatic carbocycles. The predicted octanol–water partition coefficient (Wildman–Crippen LogP) is -0.375. The van der Waals surface area contributed by atoms with Gasteiger partial charge in [0.25, 0.3) is 0 Å². The van der Waals surface area contributed by atoms with Crippen molar-refractivity contribution in [2.24, 2.45) is 5.73 Å². The number of morpholine rings is 1. The molecule has 1 atom stereocenters. The molecule has 1 saturated heterocycles. The van der Waals surface area contributed by atoms with Gasteiger partial charge in [-0.25, -0.2) is 0 Å². The molecule has 0 amide bonds. The highest BCUT2D eigenvalue weighted by Gasteiger charge is 2.22. The standard InChI is InChI=1S/C9H18N2O2/c1-2-9(12)6-11-3-4-13-7-8(11)5-10/h8H,2-7,10H2,1H3. The number of rotatable bonds is 4. The smallest absolute Gasteiger partial charge is 0.146 e. The third-order valence-corrected chi connectivity index (χ3v) is 2.40. The minimum Gasteiger partial charge on any atom is -0.378 e. The van der Waals surface area contributed by atoms with Crippen LogP contribution in [0.5, 0.6) is 0 Å². The minimum absolute atomic E-state index is 0.226. The van der Waals surface area contributed by atoms with Gasteiger partial charge in [-0.05, 0) is 0 Å². The molecule has 0 spiro atoms. The lowest BCUT2D eigenvalue weighted by atomic mass is 10.2. The quantitative estimate of drug-likeness (QED) is 0.650. The van der Waals surface area contributed by atoms with Crippen molar-refractivity contribution in [1.29, 1.82) is 0 Å². The lowest BCUT2D eigenvalue weighted by Crippen LogP contribution is -2.50. The largest absolute Gasteiger partial charge is 0.378 e. The van der Waals surface area contributed by atoms with E-state index in [0.717, 1.165) is 6.54 Å². The summed E-state index contributed by atoms with van der Waals surface area (Å²) in [6.07, 6.45) is 0.606. The molecule has 2 N–H and O–H groups in total. The second kappa shape index (κ2) is 5.32. The summed E-state index contributed by atoms with van der Waals surface area (Å²) < 4.78 is 5.29. The van der Waals surface area contributed by atoms with Crippen LogP contribution in [-0.2, 0) is 9.53 Å². The van der Waals surface area contributed by atoms with Gasteiger partial charge in [0, 0.05) is 25.6 Å². The van der Waals surface area contributed by atoms with E-state index in [1.807, 2.05) is 6.92 Å². The first-order chi connectivity index (χ1) is 6.27. The van der Waals surface area contributed by atoms with Gasteiger partial charge in [0.15, 0.2) is 0 Å². The van der Waals surface area contributed by atoms with Crippen molar-refractivity contribution in [1.82, 2.24) is 4.90 Å². The summed E-state index contributed by atoms with van der Waals surface area (Å²) in [6, 6.07) is 0.226. The van der Waals surface area contributed by atoms with Gasteiger partial charge in [-0.1, -0.05) is 6.92 Å². The van der Waals surface area contributed by atoms with Crippen LogP contribution in [-0.4, -0.2) is 49.6 Å². The lowest BCUT2D eigenvalue weighted by molar-refractivity contribution is -0.122. The van der Waals surface area contributed by atoms with Crippen LogP contribution < -0.4 is 5.73 Å². The molecular weight excluding hydrogens is 168 g/mol. The van der Waals surface area contributed by atoms with Gasteiger partial charge in [0.05, 0.1) is 19.8 Å². The molecule has 1 unspecified atom stereocenters. The maximum absolute atomic E-state index is 11.2. The summed E-state index contributed by atoms with van der Waals surface area (Å²) in [5.41, 5.74) is 5.58. The zero-order valence-electron chi connectivity index (χ0n) is 8.16. The molecule has 0 aliphatic carbocycles. The fraction of sp³-hybridized carbons (Fsp3) is 0.889. The van der Waals surface area contributed by atoms with Gasteiger partial charge >= 0.3 is 0 Å². The highest BCUT2D eigenvalue weighted by Crippen LogP contribution is 2.05. The molecule has 0 aromatic rings. The van der Waals surface area contributed by atoms with E-state index in [2.05, 4.69) is 4.90 Å². The Bertz CT molecular complexity index is 173. The zero-order valence-corrected chi connectivity index (χ0v) is 8.16. The first-order valence-electron chi connectivity index (χ1n) is 4.81. The van der Waals surface area contributed by atoms with Crippen molar-refractivity contribution in [2.45, 2.75) is 19.4 Å². The molecule has 0 aromatic heterocycles. The number of nitrogens with zero attached hydrogens (tertiary/aromatic N) is 1. The molecule has 0 bridgehead atoms. The number of carbonyl (C=O) groups is 1. The molecule has 1 aliphatic rings. The fourth-order valence-electron chi connectivity index (χ4n) is 1.45. The Morgan fingerprint density at radius 1 is 1.69 bits per heavy atom. The molecule has 4 nitrogen and oxygen atoms in total. The molecule has 1 rings (SSSR count). The van der Waals surface area contributed by atoms with Crippen molar-refractivity contribution >= 4 is 5.78 Å². The molecule has 1 fully saturated rings. The number of Topliss-reactive ketones (excluding diaryl/α,β-unsaturated/α-hetero) is 1. The predicted molar refractivity (Wildman–Crippen MR) is 50.5 cm³/mol. The molecule has 13 heavy (non-hydrogen) atoms. The van der Waals surface area contributed by atoms with Gasteiger partial charge in [0.1, 0.15) is 5.78 Å². The van der Waals surface area contributed by atoms with Crippen LogP contribution in [0.15, 0.2) is 0 Å². The van der Waals surface area contributed by atoms with E-state index >= 15 is 0 Å². The van der Waals surface area contributed by atoms with Crippen molar-refractivity contribution in [3.63, 3.8) is 0 Å². The minimum atomic E-state index is 0.226. The Kier molecular flexibility index (Phi) is 4.35. The summed E-state index contributed by atoms with van der Waals surface area (Å²) in [7, 11) is 0. The van der Waals surface area contributed by atoms with Crippen LogP contribution in [0, 0.1) is 0 Å². The highest BCUT2D eigenvalue weighted by atomic mass is 16.5. The maximum Gasteiger partial charge on any atom is 0.146 e. The monoisotopic (exact) mass is 186 g/mol. The second-order valence-corrected chi connectivity index (χ2v) is 3.33. The third-order valence-electron chi connectivity index (χ3n) is 2.40. The third kappa shape index (κ3) is 3.06. The van der Waals surface area contributed by atoms with Crippen molar-refractivity contribution in [2.75, 3.05) is 32.8 Å². The highest BCUT2D eigenvalue weighted by molar-refractivity contribution is 5.80. The first kappa shape index (κ1) is 10.6. The molecule has 76 valence electrons. The van der Waals surface area contributed by atoms with E-state index in [4.69, 9.17) is 10.5 Å². The van der Waals surface area contributed by atoms with Crippen LogP contribution in [0.25, 0.3) is 0 Å². The molecule has 4 heteroatoms. The fourth-order valence-corrected chi connectivity index (χ4v) is 1.45. The zero-order chi connectivity index (χ0) is 9.68.